The lowest BCUT2D eigenvalue weighted by molar-refractivity contribution is 0.0787. The summed E-state index contributed by atoms with van der Waals surface area (Å²) in [7, 11) is 0. The number of amides is 1. The van der Waals surface area contributed by atoms with E-state index >= 15 is 0 Å². The van der Waals surface area contributed by atoms with Crippen molar-refractivity contribution in [3.05, 3.63) is 54.2 Å². The first-order valence-electron chi connectivity index (χ1n) is 7.41. The predicted octanol–water partition coefficient (Wildman–Crippen LogP) is 2.13. The third-order valence-corrected chi connectivity index (χ3v) is 3.74. The number of rotatable bonds is 3. The molecule has 0 radical (unpaired) electrons. The van der Waals surface area contributed by atoms with Gasteiger partial charge in [0, 0.05) is 5.39 Å². The molecule has 3 aromatic rings. The number of para-hydroxylation sites is 3. The Kier molecular flexibility index (Phi) is 3.34. The Morgan fingerprint density at radius 1 is 1.17 bits per heavy atom. The zero-order chi connectivity index (χ0) is 15.6. The number of carbonyl (C=O) groups is 1. The van der Waals surface area contributed by atoms with Crippen LogP contribution in [0.5, 0.6) is 11.5 Å². The monoisotopic (exact) mass is 309 g/mol. The van der Waals surface area contributed by atoms with Gasteiger partial charge in [0.15, 0.2) is 17.2 Å². The number of benzene rings is 2. The van der Waals surface area contributed by atoms with E-state index in [1.807, 2.05) is 48.5 Å². The molecule has 1 amide bonds. The maximum Gasteiger partial charge on any atom is 0.272 e. The lowest BCUT2D eigenvalue weighted by Gasteiger charge is -2.26. The molecule has 6 heteroatoms. The summed E-state index contributed by atoms with van der Waals surface area (Å²) in [6.07, 6.45) is -0.223. The molecule has 0 unspecified atom stereocenters. The highest BCUT2D eigenvalue weighted by molar-refractivity contribution is 6.04. The normalized spacial score (nSPS) is 16.3. The fourth-order valence-electron chi connectivity index (χ4n) is 2.59. The van der Waals surface area contributed by atoms with Gasteiger partial charge in [-0.15, -0.1) is 0 Å². The van der Waals surface area contributed by atoms with Crippen LogP contribution in [0.3, 0.4) is 0 Å². The van der Waals surface area contributed by atoms with E-state index in [4.69, 9.17) is 9.47 Å². The minimum Gasteiger partial charge on any atom is -0.486 e. The van der Waals surface area contributed by atoms with Crippen molar-refractivity contribution in [1.82, 2.24) is 15.5 Å². The second kappa shape index (κ2) is 5.64. The molecule has 0 saturated carbocycles. The van der Waals surface area contributed by atoms with Crippen molar-refractivity contribution < 1.29 is 14.3 Å². The van der Waals surface area contributed by atoms with Crippen molar-refractivity contribution in [2.75, 3.05) is 13.2 Å². The molecule has 0 bridgehead atoms. The standard InChI is InChI=1S/C17H15N3O3/c21-17(16-12-5-1-2-6-13(12)19-20-16)18-9-11-10-22-14-7-3-4-8-15(14)23-11/h1-8,11H,9-10H2,(H,18,21)(H,19,20)/t11-/m0/s1. The quantitative estimate of drug-likeness (QED) is 0.777. The van der Waals surface area contributed by atoms with Crippen LogP contribution in [0.15, 0.2) is 48.5 Å². The average Bonchev–Trinajstić information content (AvgIpc) is 3.03. The van der Waals surface area contributed by atoms with Crippen LogP contribution in [0, 0.1) is 0 Å². The minimum absolute atomic E-state index is 0.223. The van der Waals surface area contributed by atoms with Crippen molar-refractivity contribution in [2.45, 2.75) is 6.10 Å². The largest absolute Gasteiger partial charge is 0.486 e. The number of ether oxygens (including phenoxy) is 2. The zero-order valence-corrected chi connectivity index (χ0v) is 12.3. The van der Waals surface area contributed by atoms with E-state index in [9.17, 15) is 4.79 Å². The summed E-state index contributed by atoms with van der Waals surface area (Å²) in [6.45, 7) is 0.757. The van der Waals surface area contributed by atoms with Gasteiger partial charge in [-0.2, -0.15) is 5.10 Å². The van der Waals surface area contributed by atoms with Gasteiger partial charge in [0.05, 0.1) is 12.1 Å². The van der Waals surface area contributed by atoms with Crippen LogP contribution in [0.25, 0.3) is 10.9 Å². The van der Waals surface area contributed by atoms with Gasteiger partial charge in [-0.25, -0.2) is 0 Å². The van der Waals surface area contributed by atoms with Gasteiger partial charge in [0.25, 0.3) is 5.91 Å². The van der Waals surface area contributed by atoms with Gasteiger partial charge in [-0.1, -0.05) is 30.3 Å². The number of nitrogens with zero attached hydrogens (tertiary/aromatic N) is 1. The van der Waals surface area contributed by atoms with Crippen molar-refractivity contribution in [3.63, 3.8) is 0 Å². The number of H-pyrrole nitrogens is 1. The van der Waals surface area contributed by atoms with Crippen molar-refractivity contribution in [1.29, 1.82) is 0 Å². The second-order valence-corrected chi connectivity index (χ2v) is 5.33. The van der Waals surface area contributed by atoms with Crippen LogP contribution in [-0.4, -0.2) is 35.4 Å². The molecule has 4 rings (SSSR count). The number of carbonyl (C=O) groups excluding carboxylic acids is 1. The van der Waals surface area contributed by atoms with E-state index in [1.165, 1.54) is 0 Å². The number of hydrogen-bond acceptors (Lipinski definition) is 4. The fourth-order valence-corrected chi connectivity index (χ4v) is 2.59. The van der Waals surface area contributed by atoms with Gasteiger partial charge in [0.1, 0.15) is 12.7 Å². The molecular formula is C17H15N3O3. The molecule has 1 aromatic heterocycles. The lowest BCUT2D eigenvalue weighted by atomic mass is 10.2. The van der Waals surface area contributed by atoms with Crippen molar-refractivity contribution >= 4 is 16.8 Å². The van der Waals surface area contributed by atoms with Gasteiger partial charge in [-0.3, -0.25) is 9.89 Å². The van der Waals surface area contributed by atoms with E-state index in [-0.39, 0.29) is 12.0 Å². The Balaban J connectivity index is 1.43. The van der Waals surface area contributed by atoms with Crippen LogP contribution in [0.1, 0.15) is 10.5 Å². The fraction of sp³-hybridized carbons (Fsp3) is 0.176. The molecule has 1 aliphatic rings. The van der Waals surface area contributed by atoms with Crippen LogP contribution in [0.2, 0.25) is 0 Å². The number of aromatic amines is 1. The molecule has 116 valence electrons. The molecule has 2 N–H and O–H groups in total. The minimum atomic E-state index is -0.232. The highest BCUT2D eigenvalue weighted by Gasteiger charge is 2.22. The summed E-state index contributed by atoms with van der Waals surface area (Å²) in [4.78, 5) is 12.3. The zero-order valence-electron chi connectivity index (χ0n) is 12.3. The molecule has 0 aliphatic carbocycles. The summed E-state index contributed by atoms with van der Waals surface area (Å²) in [6, 6.07) is 15.0. The van der Waals surface area contributed by atoms with Crippen molar-refractivity contribution in [2.24, 2.45) is 0 Å². The third-order valence-electron chi connectivity index (χ3n) is 3.74. The van der Waals surface area contributed by atoms with Crippen LogP contribution < -0.4 is 14.8 Å². The van der Waals surface area contributed by atoms with E-state index in [1.54, 1.807) is 0 Å². The lowest BCUT2D eigenvalue weighted by Crippen LogP contribution is -2.40. The van der Waals surface area contributed by atoms with Gasteiger partial charge in [0.2, 0.25) is 0 Å². The smallest absolute Gasteiger partial charge is 0.272 e. The molecule has 2 heterocycles. The molecule has 0 spiro atoms. The number of fused-ring (bicyclic) bond motifs is 2. The number of aromatic nitrogens is 2. The van der Waals surface area contributed by atoms with E-state index < -0.39 is 0 Å². The Hall–Kier alpha value is -3.02. The Morgan fingerprint density at radius 3 is 2.87 bits per heavy atom. The van der Waals surface area contributed by atoms with Crippen LogP contribution in [0.4, 0.5) is 0 Å². The van der Waals surface area contributed by atoms with Crippen LogP contribution >= 0.6 is 0 Å². The first-order valence-corrected chi connectivity index (χ1v) is 7.41. The SMILES string of the molecule is O=C(NC[C@H]1COc2ccccc2O1)c1n[nH]c2ccccc12. The Bertz CT molecular complexity index is 859. The highest BCUT2D eigenvalue weighted by Crippen LogP contribution is 2.30. The maximum atomic E-state index is 12.3. The molecule has 6 nitrogen and oxygen atoms in total. The summed E-state index contributed by atoms with van der Waals surface area (Å²) >= 11 is 0. The third kappa shape index (κ3) is 2.59. The summed E-state index contributed by atoms with van der Waals surface area (Å²) in [5.41, 5.74) is 1.22. The molecule has 0 saturated heterocycles. The summed E-state index contributed by atoms with van der Waals surface area (Å²) < 4.78 is 11.5. The summed E-state index contributed by atoms with van der Waals surface area (Å²) in [5, 5.41) is 10.6. The Labute approximate surface area is 132 Å². The van der Waals surface area contributed by atoms with Gasteiger partial charge >= 0.3 is 0 Å². The number of hydrogen-bond donors (Lipinski definition) is 2. The number of nitrogens with one attached hydrogen (secondary N) is 2. The highest BCUT2D eigenvalue weighted by atomic mass is 16.6. The van der Waals surface area contributed by atoms with E-state index in [0.29, 0.717) is 24.6 Å². The molecule has 1 atom stereocenters. The first-order chi connectivity index (χ1) is 11.3. The molecular weight excluding hydrogens is 294 g/mol. The van der Waals surface area contributed by atoms with E-state index in [0.717, 1.165) is 16.7 Å². The van der Waals surface area contributed by atoms with Crippen LogP contribution in [-0.2, 0) is 0 Å². The predicted molar refractivity (Wildman–Crippen MR) is 84.8 cm³/mol. The van der Waals surface area contributed by atoms with Crippen molar-refractivity contribution in [3.8, 4) is 11.5 Å². The van der Waals surface area contributed by atoms with Gasteiger partial charge in [-0.05, 0) is 18.2 Å². The van der Waals surface area contributed by atoms with E-state index in [2.05, 4.69) is 15.5 Å². The molecule has 23 heavy (non-hydrogen) atoms. The first kappa shape index (κ1) is 13.6. The summed E-state index contributed by atoms with van der Waals surface area (Å²) in [5.74, 6) is 1.20. The Morgan fingerprint density at radius 2 is 1.96 bits per heavy atom. The molecule has 1 aliphatic heterocycles. The maximum absolute atomic E-state index is 12.3. The topological polar surface area (TPSA) is 76.2 Å². The van der Waals surface area contributed by atoms with Gasteiger partial charge < -0.3 is 14.8 Å². The molecule has 0 fully saturated rings. The molecule has 2 aromatic carbocycles. The average molecular weight is 309 g/mol. The second-order valence-electron chi connectivity index (χ2n) is 5.33.